The number of nitrogens with zero attached hydrogens (tertiary/aromatic N) is 5. The molecule has 5 rings (SSSR count). The van der Waals surface area contributed by atoms with Gasteiger partial charge in [0.25, 0.3) is 5.91 Å². The van der Waals surface area contributed by atoms with Crippen molar-refractivity contribution >= 4 is 29.4 Å². The van der Waals surface area contributed by atoms with E-state index in [4.69, 9.17) is 9.98 Å². The van der Waals surface area contributed by atoms with Gasteiger partial charge in [0, 0.05) is 7.05 Å². The predicted molar refractivity (Wildman–Crippen MR) is 103 cm³/mol. The Labute approximate surface area is 156 Å². The van der Waals surface area contributed by atoms with E-state index in [2.05, 4.69) is 21.6 Å². The third kappa shape index (κ3) is 2.16. The third-order valence-corrected chi connectivity index (χ3v) is 6.26. The monoisotopic (exact) mass is 367 g/mol. The summed E-state index contributed by atoms with van der Waals surface area (Å²) in [7, 11) is 1.83. The second-order valence-corrected chi connectivity index (χ2v) is 7.84. The summed E-state index contributed by atoms with van der Waals surface area (Å²) in [5, 5.41) is 0.878. The number of fused-ring (bicyclic) bond motifs is 5. The smallest absolute Gasteiger partial charge is 0.280 e. The van der Waals surface area contributed by atoms with Gasteiger partial charge in [-0.25, -0.2) is 9.98 Å². The maximum Gasteiger partial charge on any atom is 0.280 e. The van der Waals surface area contributed by atoms with Crippen LogP contribution in [0.25, 0.3) is 0 Å². The molecule has 1 amide bonds. The summed E-state index contributed by atoms with van der Waals surface area (Å²) in [5.41, 5.74) is 1.85. The first-order valence-corrected chi connectivity index (χ1v) is 10.2. The van der Waals surface area contributed by atoms with Crippen molar-refractivity contribution in [3.05, 3.63) is 41.6 Å². The van der Waals surface area contributed by atoms with Crippen LogP contribution in [0.15, 0.2) is 40.5 Å². The molecule has 1 aliphatic carbocycles. The van der Waals surface area contributed by atoms with E-state index >= 15 is 0 Å². The molecule has 0 radical (unpaired) electrons. The Hall–Kier alpha value is -2.28. The van der Waals surface area contributed by atoms with Crippen molar-refractivity contribution in [1.29, 1.82) is 0 Å². The number of aromatic nitrogens is 2. The number of amides is 1. The average Bonchev–Trinajstić information content (AvgIpc) is 3.33. The summed E-state index contributed by atoms with van der Waals surface area (Å²) in [6.45, 7) is 0.646. The molecular formula is C19H21N5OS. The highest BCUT2D eigenvalue weighted by Gasteiger charge is 2.49. The first kappa shape index (κ1) is 15.9. The van der Waals surface area contributed by atoms with E-state index < -0.39 is 0 Å². The van der Waals surface area contributed by atoms with Gasteiger partial charge in [0.2, 0.25) is 5.96 Å². The zero-order valence-corrected chi connectivity index (χ0v) is 15.7. The van der Waals surface area contributed by atoms with Gasteiger partial charge in [-0.1, -0.05) is 42.1 Å². The van der Waals surface area contributed by atoms with Crippen molar-refractivity contribution in [2.24, 2.45) is 4.99 Å². The van der Waals surface area contributed by atoms with Crippen LogP contribution in [-0.4, -0.2) is 51.7 Å². The van der Waals surface area contributed by atoms with E-state index in [0.29, 0.717) is 24.3 Å². The summed E-state index contributed by atoms with van der Waals surface area (Å²) in [6, 6.07) is 10.9. The SMILES string of the molecule is CSc1nc2c(n1Cc1ccccc1)C(=O)N(C)C1=N[C@@H]3CCC[C@@H]3N12. The van der Waals surface area contributed by atoms with Gasteiger partial charge in [-0.2, -0.15) is 0 Å². The molecule has 6 nitrogen and oxygen atoms in total. The highest BCUT2D eigenvalue weighted by Crippen LogP contribution is 2.41. The van der Waals surface area contributed by atoms with Crippen LogP contribution in [0.3, 0.4) is 0 Å². The van der Waals surface area contributed by atoms with Crippen molar-refractivity contribution in [3.8, 4) is 0 Å². The number of guanidine groups is 1. The van der Waals surface area contributed by atoms with Gasteiger partial charge in [0.05, 0.1) is 18.6 Å². The minimum Gasteiger partial charge on any atom is -0.309 e. The van der Waals surface area contributed by atoms with E-state index in [1.165, 1.54) is 6.42 Å². The van der Waals surface area contributed by atoms with Crippen LogP contribution in [0.4, 0.5) is 5.82 Å². The highest BCUT2D eigenvalue weighted by molar-refractivity contribution is 7.98. The molecule has 0 spiro atoms. The summed E-state index contributed by atoms with van der Waals surface area (Å²) >= 11 is 1.59. The minimum atomic E-state index is -0.0151. The normalized spacial score (nSPS) is 23.8. The lowest BCUT2D eigenvalue weighted by Crippen LogP contribution is -2.51. The molecule has 134 valence electrons. The van der Waals surface area contributed by atoms with E-state index in [1.807, 2.05) is 31.5 Å². The second-order valence-electron chi connectivity index (χ2n) is 7.07. The summed E-state index contributed by atoms with van der Waals surface area (Å²) in [5.74, 6) is 1.55. The number of carbonyl (C=O) groups is 1. The lowest BCUT2D eigenvalue weighted by atomic mass is 10.1. The molecule has 26 heavy (non-hydrogen) atoms. The van der Waals surface area contributed by atoms with Gasteiger partial charge in [-0.15, -0.1) is 0 Å². The number of rotatable bonds is 3. The van der Waals surface area contributed by atoms with Crippen LogP contribution in [0.1, 0.15) is 35.3 Å². The van der Waals surface area contributed by atoms with E-state index in [0.717, 1.165) is 35.3 Å². The number of imidazole rings is 1. The molecule has 0 N–H and O–H groups in total. The Kier molecular flexibility index (Phi) is 3.60. The topological polar surface area (TPSA) is 53.7 Å². The Balaban J connectivity index is 1.65. The zero-order valence-electron chi connectivity index (χ0n) is 14.9. The fourth-order valence-corrected chi connectivity index (χ4v) is 4.90. The van der Waals surface area contributed by atoms with Crippen LogP contribution in [0.2, 0.25) is 0 Å². The number of anilines is 1. The molecule has 1 saturated carbocycles. The molecule has 1 fully saturated rings. The van der Waals surface area contributed by atoms with Crippen molar-refractivity contribution in [2.75, 3.05) is 18.2 Å². The first-order valence-electron chi connectivity index (χ1n) is 9.02. The molecule has 0 saturated heterocycles. The Morgan fingerprint density at radius 2 is 2.04 bits per heavy atom. The van der Waals surface area contributed by atoms with E-state index in [-0.39, 0.29) is 5.91 Å². The molecule has 3 aliphatic rings. The van der Waals surface area contributed by atoms with Gasteiger partial charge < -0.3 is 4.57 Å². The van der Waals surface area contributed by atoms with Gasteiger partial charge >= 0.3 is 0 Å². The quantitative estimate of drug-likeness (QED) is 0.783. The lowest BCUT2D eigenvalue weighted by molar-refractivity contribution is 0.0854. The van der Waals surface area contributed by atoms with Crippen LogP contribution in [0, 0.1) is 0 Å². The summed E-state index contributed by atoms with van der Waals surface area (Å²) in [6.07, 6.45) is 5.41. The predicted octanol–water partition coefficient (Wildman–Crippen LogP) is 2.84. The lowest BCUT2D eigenvalue weighted by Gasteiger charge is -2.34. The molecular weight excluding hydrogens is 346 g/mol. The highest BCUT2D eigenvalue weighted by atomic mass is 32.2. The standard InChI is InChI=1S/C19H21N5OS/c1-22-17(25)15-16(24-14-10-6-9-13(14)20-18(22)24)21-19(26-2)23(15)11-12-7-4-3-5-8-12/h3-5,7-8,13-14H,6,9-11H2,1-2H3/t13-,14+/m1/s1. The fourth-order valence-electron chi connectivity index (χ4n) is 4.35. The molecule has 0 unspecified atom stereocenters. The fraction of sp³-hybridized carbons (Fsp3) is 0.421. The van der Waals surface area contributed by atoms with Crippen molar-refractivity contribution < 1.29 is 4.79 Å². The maximum atomic E-state index is 13.2. The van der Waals surface area contributed by atoms with Gasteiger partial charge in [-0.05, 0) is 31.1 Å². The maximum absolute atomic E-state index is 13.2. The summed E-state index contributed by atoms with van der Waals surface area (Å²) < 4.78 is 2.06. The van der Waals surface area contributed by atoms with Gasteiger partial charge in [-0.3, -0.25) is 14.6 Å². The number of benzene rings is 1. The molecule has 1 aromatic heterocycles. The van der Waals surface area contributed by atoms with Crippen LogP contribution in [-0.2, 0) is 6.54 Å². The van der Waals surface area contributed by atoms with Crippen molar-refractivity contribution in [3.63, 3.8) is 0 Å². The average molecular weight is 367 g/mol. The van der Waals surface area contributed by atoms with Gasteiger partial charge in [0.15, 0.2) is 16.7 Å². The largest absolute Gasteiger partial charge is 0.309 e. The van der Waals surface area contributed by atoms with Crippen LogP contribution in [0.5, 0.6) is 0 Å². The second kappa shape index (κ2) is 5.87. The van der Waals surface area contributed by atoms with Crippen molar-refractivity contribution in [1.82, 2.24) is 14.5 Å². The molecule has 0 bridgehead atoms. The summed E-state index contributed by atoms with van der Waals surface area (Å²) in [4.78, 5) is 26.8. The van der Waals surface area contributed by atoms with Gasteiger partial charge in [0.1, 0.15) is 0 Å². The van der Waals surface area contributed by atoms with Crippen molar-refractivity contribution in [2.45, 2.75) is 43.0 Å². The number of carbonyl (C=O) groups excluding carboxylic acids is 1. The number of aliphatic imine (C=N–C) groups is 1. The molecule has 2 aromatic rings. The Morgan fingerprint density at radius 1 is 1.23 bits per heavy atom. The molecule has 2 aliphatic heterocycles. The van der Waals surface area contributed by atoms with E-state index in [1.54, 1.807) is 16.7 Å². The third-order valence-electron chi connectivity index (χ3n) is 5.59. The molecule has 1 aromatic carbocycles. The Morgan fingerprint density at radius 3 is 2.81 bits per heavy atom. The molecule has 2 atom stereocenters. The first-order chi connectivity index (χ1) is 12.7. The van der Waals surface area contributed by atoms with Crippen LogP contribution >= 0.6 is 11.8 Å². The van der Waals surface area contributed by atoms with Crippen LogP contribution < -0.4 is 4.90 Å². The number of hydrogen-bond acceptors (Lipinski definition) is 5. The molecule has 7 heteroatoms. The Bertz CT molecular complexity index is 906. The number of thioether (sulfide) groups is 1. The number of hydrogen-bond donors (Lipinski definition) is 0. The minimum absolute atomic E-state index is 0.0151. The molecule has 3 heterocycles. The zero-order chi connectivity index (χ0) is 17.8. The van der Waals surface area contributed by atoms with E-state index in [9.17, 15) is 4.79 Å².